The maximum absolute atomic E-state index is 13.4. The monoisotopic (exact) mass is 514 g/mol. The van der Waals surface area contributed by atoms with Gasteiger partial charge in [-0.3, -0.25) is 5.10 Å². The number of H-pyrrole nitrogens is 1. The van der Waals surface area contributed by atoms with Gasteiger partial charge in [-0.05, 0) is 37.1 Å². The van der Waals surface area contributed by atoms with Crippen molar-refractivity contribution in [2.24, 2.45) is 0 Å². The smallest absolute Gasteiger partial charge is 0.406 e. The number of hydrogen-bond acceptors (Lipinski definition) is 4. The molecular formula is C27H29F3N4O3. The molecule has 1 N–H and O–H groups in total. The zero-order chi connectivity index (χ0) is 26.0. The number of nitrogens with zero attached hydrogens (tertiary/aromatic N) is 3. The number of ether oxygens (including phenoxy) is 2. The normalized spacial score (nSPS) is 20.6. The minimum Gasteiger partial charge on any atom is -0.406 e. The van der Waals surface area contributed by atoms with Crippen molar-refractivity contribution in [2.45, 2.75) is 31.5 Å². The Hall–Kier alpha value is -3.53. The summed E-state index contributed by atoms with van der Waals surface area (Å²) in [4.78, 5) is 17.0. The predicted molar refractivity (Wildman–Crippen MR) is 131 cm³/mol. The van der Waals surface area contributed by atoms with Crippen LogP contribution in [0, 0.1) is 6.92 Å². The molecule has 7 nitrogen and oxygen atoms in total. The Morgan fingerprint density at radius 1 is 1.00 bits per heavy atom. The lowest BCUT2D eigenvalue weighted by Crippen LogP contribution is -2.52. The summed E-state index contributed by atoms with van der Waals surface area (Å²) in [5, 5.41) is 7.68. The second-order valence-electron chi connectivity index (χ2n) is 9.61. The average Bonchev–Trinajstić information content (AvgIpc) is 3.39. The second kappa shape index (κ2) is 10.5. The number of hydrogen-bond donors (Lipinski definition) is 1. The van der Waals surface area contributed by atoms with Gasteiger partial charge in [0.2, 0.25) is 0 Å². The molecule has 196 valence electrons. The Kier molecular flexibility index (Phi) is 7.10. The van der Waals surface area contributed by atoms with Crippen LogP contribution in [-0.4, -0.2) is 71.8 Å². The molecule has 2 aromatic carbocycles. The number of aromatic amines is 1. The number of nitrogens with one attached hydrogen (secondary N) is 1. The third-order valence-electron chi connectivity index (χ3n) is 6.97. The number of amides is 2. The molecule has 2 atom stereocenters. The van der Waals surface area contributed by atoms with Crippen LogP contribution in [0.25, 0.3) is 11.3 Å². The van der Waals surface area contributed by atoms with E-state index in [9.17, 15) is 18.0 Å². The number of aromatic nitrogens is 2. The lowest BCUT2D eigenvalue weighted by atomic mass is 9.83. The van der Waals surface area contributed by atoms with E-state index in [0.29, 0.717) is 39.4 Å². The molecule has 2 fully saturated rings. The van der Waals surface area contributed by atoms with Crippen molar-refractivity contribution >= 4 is 6.03 Å². The Labute approximate surface area is 213 Å². The number of alkyl halides is 3. The highest BCUT2D eigenvalue weighted by atomic mass is 19.4. The van der Waals surface area contributed by atoms with Crippen LogP contribution in [0.15, 0.2) is 54.6 Å². The summed E-state index contributed by atoms with van der Waals surface area (Å²) in [5.41, 5.74) is 4.78. The van der Waals surface area contributed by atoms with Gasteiger partial charge in [0.1, 0.15) is 5.75 Å². The average molecular weight is 515 g/mol. The number of morpholine rings is 1. The molecule has 0 aliphatic carbocycles. The molecule has 5 rings (SSSR count). The van der Waals surface area contributed by atoms with Gasteiger partial charge in [-0.25, -0.2) is 4.79 Å². The molecule has 10 heteroatoms. The van der Waals surface area contributed by atoms with Gasteiger partial charge in [0.25, 0.3) is 0 Å². The molecule has 0 saturated carbocycles. The van der Waals surface area contributed by atoms with E-state index in [1.807, 2.05) is 42.2 Å². The first-order valence-electron chi connectivity index (χ1n) is 12.3. The van der Waals surface area contributed by atoms with E-state index in [1.54, 1.807) is 17.0 Å². The van der Waals surface area contributed by atoms with Crippen LogP contribution in [0.4, 0.5) is 18.0 Å². The van der Waals surface area contributed by atoms with Gasteiger partial charge in [-0.2, -0.15) is 5.10 Å². The standard InChI is InChI=1S/C27H29F3N4O3/c1-18-2-4-20(5-3-18)24-15-25(32-31-24)22-14-21(19-6-8-23(9-7-19)37-27(28,29)30)16-34(17-22)26(35)33-10-12-36-13-11-33/h2-9,15,21-22H,10-14,16-17H2,1H3,(H,31,32). The molecule has 2 saturated heterocycles. The van der Waals surface area contributed by atoms with Crippen molar-refractivity contribution in [1.29, 1.82) is 0 Å². The van der Waals surface area contributed by atoms with Gasteiger partial charge in [-0.1, -0.05) is 42.0 Å². The summed E-state index contributed by atoms with van der Waals surface area (Å²) < 4.78 is 47.2. The minimum atomic E-state index is -4.74. The second-order valence-corrected chi connectivity index (χ2v) is 9.61. The van der Waals surface area contributed by atoms with Crippen LogP contribution in [-0.2, 0) is 4.74 Å². The summed E-state index contributed by atoms with van der Waals surface area (Å²) in [5.74, 6) is -0.336. The Bertz CT molecular complexity index is 1200. The number of carbonyl (C=O) groups is 1. The molecule has 2 amide bonds. The molecule has 0 radical (unpaired) electrons. The van der Waals surface area contributed by atoms with Crippen LogP contribution in [0.1, 0.15) is 35.1 Å². The van der Waals surface area contributed by atoms with Gasteiger partial charge >= 0.3 is 12.4 Å². The van der Waals surface area contributed by atoms with E-state index in [-0.39, 0.29) is 23.6 Å². The van der Waals surface area contributed by atoms with Crippen LogP contribution in [0.3, 0.4) is 0 Å². The van der Waals surface area contributed by atoms with Gasteiger partial charge < -0.3 is 19.3 Å². The third kappa shape index (κ3) is 6.07. The maximum Gasteiger partial charge on any atom is 0.573 e. The zero-order valence-electron chi connectivity index (χ0n) is 20.5. The first kappa shape index (κ1) is 25.1. The highest BCUT2D eigenvalue weighted by Gasteiger charge is 2.35. The summed E-state index contributed by atoms with van der Waals surface area (Å²) >= 11 is 0. The minimum absolute atomic E-state index is 0.0125. The number of aryl methyl sites for hydroxylation is 1. The van der Waals surface area contributed by atoms with E-state index < -0.39 is 6.36 Å². The molecule has 2 aliphatic heterocycles. The van der Waals surface area contributed by atoms with E-state index in [0.717, 1.165) is 28.9 Å². The number of urea groups is 1. The first-order chi connectivity index (χ1) is 17.7. The van der Waals surface area contributed by atoms with Crippen LogP contribution < -0.4 is 4.74 Å². The molecule has 1 aromatic heterocycles. The topological polar surface area (TPSA) is 70.7 Å². The van der Waals surface area contributed by atoms with Crippen molar-refractivity contribution in [2.75, 3.05) is 39.4 Å². The Balaban J connectivity index is 1.39. The molecule has 3 aromatic rings. The van der Waals surface area contributed by atoms with Crippen molar-refractivity contribution in [3.8, 4) is 17.0 Å². The van der Waals surface area contributed by atoms with Crippen molar-refractivity contribution in [3.05, 3.63) is 71.4 Å². The molecule has 37 heavy (non-hydrogen) atoms. The van der Waals surface area contributed by atoms with Gasteiger partial charge in [0.05, 0.1) is 18.9 Å². The fourth-order valence-electron chi connectivity index (χ4n) is 5.04. The highest BCUT2D eigenvalue weighted by molar-refractivity contribution is 5.75. The maximum atomic E-state index is 13.4. The summed E-state index contributed by atoms with van der Waals surface area (Å²) in [6, 6.07) is 16.0. The molecule has 2 aliphatic rings. The number of halogens is 3. The summed E-state index contributed by atoms with van der Waals surface area (Å²) in [6.45, 7) is 5.12. The predicted octanol–water partition coefficient (Wildman–Crippen LogP) is 5.31. The van der Waals surface area contributed by atoms with E-state index >= 15 is 0 Å². The number of rotatable bonds is 4. The quantitative estimate of drug-likeness (QED) is 0.513. The summed E-state index contributed by atoms with van der Waals surface area (Å²) in [6.07, 6.45) is -4.02. The van der Waals surface area contributed by atoms with Crippen LogP contribution in [0.5, 0.6) is 5.75 Å². The van der Waals surface area contributed by atoms with E-state index in [4.69, 9.17) is 4.74 Å². The molecular weight excluding hydrogens is 485 g/mol. The molecule has 3 heterocycles. The SMILES string of the molecule is Cc1ccc(-c2cc(C3CC(c4ccc(OC(F)(F)F)cc4)CN(C(=O)N4CCOCC4)C3)[nH]n2)cc1. The highest BCUT2D eigenvalue weighted by Crippen LogP contribution is 2.37. The van der Waals surface area contributed by atoms with Crippen molar-refractivity contribution in [3.63, 3.8) is 0 Å². The molecule has 2 unspecified atom stereocenters. The Morgan fingerprint density at radius 2 is 1.68 bits per heavy atom. The third-order valence-corrected chi connectivity index (χ3v) is 6.97. The van der Waals surface area contributed by atoms with Gasteiger partial charge in [0.15, 0.2) is 0 Å². The number of carbonyl (C=O) groups excluding carboxylic acids is 1. The fourth-order valence-corrected chi connectivity index (χ4v) is 5.04. The first-order valence-corrected chi connectivity index (χ1v) is 12.3. The van der Waals surface area contributed by atoms with Crippen LogP contribution in [0.2, 0.25) is 0 Å². The van der Waals surface area contributed by atoms with Crippen LogP contribution >= 0.6 is 0 Å². The Morgan fingerprint density at radius 3 is 2.35 bits per heavy atom. The molecule has 0 bridgehead atoms. The number of benzene rings is 2. The lowest BCUT2D eigenvalue weighted by molar-refractivity contribution is -0.274. The van der Waals surface area contributed by atoms with E-state index in [2.05, 4.69) is 14.9 Å². The number of likely N-dealkylation sites (tertiary alicyclic amines) is 1. The lowest BCUT2D eigenvalue weighted by Gasteiger charge is -2.41. The summed E-state index contributed by atoms with van der Waals surface area (Å²) in [7, 11) is 0. The zero-order valence-corrected chi connectivity index (χ0v) is 20.5. The fraction of sp³-hybridized carbons (Fsp3) is 0.407. The van der Waals surface area contributed by atoms with Gasteiger partial charge in [-0.15, -0.1) is 13.2 Å². The van der Waals surface area contributed by atoms with Gasteiger partial charge in [0, 0.05) is 49.3 Å². The van der Waals surface area contributed by atoms with Crippen molar-refractivity contribution in [1.82, 2.24) is 20.0 Å². The number of piperidine rings is 1. The van der Waals surface area contributed by atoms with Crippen molar-refractivity contribution < 1.29 is 27.4 Å². The molecule has 0 spiro atoms. The van der Waals surface area contributed by atoms with E-state index in [1.165, 1.54) is 17.7 Å². The largest absolute Gasteiger partial charge is 0.573 e.